The Morgan fingerprint density at radius 3 is 2.94 bits per heavy atom. The number of aliphatic hydroxyl groups is 1. The van der Waals surface area contributed by atoms with Crippen molar-refractivity contribution in [3.05, 3.63) is 21.9 Å². The number of hydrogen-bond donors (Lipinski definition) is 2. The van der Waals surface area contributed by atoms with Crippen LogP contribution in [0.2, 0.25) is 0 Å². The van der Waals surface area contributed by atoms with Gasteiger partial charge in [-0.2, -0.15) is 5.26 Å². The summed E-state index contributed by atoms with van der Waals surface area (Å²) in [6.07, 6.45) is 4.64. The van der Waals surface area contributed by atoms with Crippen LogP contribution in [0.5, 0.6) is 0 Å². The molecule has 2 rings (SSSR count). The summed E-state index contributed by atoms with van der Waals surface area (Å²) in [6.45, 7) is 1.40. The van der Waals surface area contributed by atoms with Gasteiger partial charge in [0.1, 0.15) is 6.07 Å². The summed E-state index contributed by atoms with van der Waals surface area (Å²) in [5, 5.41) is 23.8. The average molecular weight is 250 g/mol. The van der Waals surface area contributed by atoms with Crippen LogP contribution in [0.3, 0.4) is 0 Å². The number of nitrogens with one attached hydrogen (secondary N) is 1. The zero-order valence-corrected chi connectivity index (χ0v) is 10.7. The summed E-state index contributed by atoms with van der Waals surface area (Å²) in [5.41, 5.74) is 0.725. The minimum absolute atomic E-state index is 0.215. The van der Waals surface area contributed by atoms with Crippen LogP contribution in [0.1, 0.15) is 36.1 Å². The second kappa shape index (κ2) is 6.15. The van der Waals surface area contributed by atoms with Crippen LogP contribution in [0, 0.1) is 17.2 Å². The average Bonchev–Trinajstić information content (AvgIpc) is 3.00. The summed E-state index contributed by atoms with van der Waals surface area (Å²) in [5.74, 6) is 0.487. The Labute approximate surface area is 106 Å². The van der Waals surface area contributed by atoms with E-state index < -0.39 is 0 Å². The summed E-state index contributed by atoms with van der Waals surface area (Å²) < 4.78 is 0. The summed E-state index contributed by atoms with van der Waals surface area (Å²) >= 11 is 1.59. The largest absolute Gasteiger partial charge is 0.392 e. The van der Waals surface area contributed by atoms with Gasteiger partial charge in [-0.3, -0.25) is 0 Å². The van der Waals surface area contributed by atoms with Gasteiger partial charge in [-0.25, -0.2) is 0 Å². The maximum absolute atomic E-state index is 9.97. The molecular formula is C13H18N2OS. The number of hydrogen-bond acceptors (Lipinski definition) is 4. The van der Waals surface area contributed by atoms with Gasteiger partial charge in [-0.05, 0) is 24.8 Å². The molecule has 2 N–H and O–H groups in total. The molecule has 1 saturated carbocycles. The molecule has 1 aliphatic rings. The molecule has 1 atom stereocenters. The summed E-state index contributed by atoms with van der Waals surface area (Å²) in [7, 11) is 0. The Bertz CT molecular complexity index is 390. The van der Waals surface area contributed by atoms with E-state index in [2.05, 4.69) is 11.4 Å². The summed E-state index contributed by atoms with van der Waals surface area (Å²) in [6, 6.07) is 4.03. The minimum Gasteiger partial charge on any atom is -0.392 e. The summed E-state index contributed by atoms with van der Waals surface area (Å²) in [4.78, 5) is 1.15. The van der Waals surface area contributed by atoms with Gasteiger partial charge >= 0.3 is 0 Å². The van der Waals surface area contributed by atoms with Crippen molar-refractivity contribution in [2.75, 3.05) is 6.54 Å². The van der Waals surface area contributed by atoms with Crippen molar-refractivity contribution in [3.63, 3.8) is 0 Å². The van der Waals surface area contributed by atoms with Crippen LogP contribution in [-0.2, 0) is 6.54 Å². The molecule has 0 aromatic carbocycles. The number of aliphatic hydroxyl groups excluding tert-OH is 1. The van der Waals surface area contributed by atoms with Crippen molar-refractivity contribution in [2.45, 2.75) is 38.3 Å². The third-order valence-electron chi connectivity index (χ3n) is 3.38. The fraction of sp³-hybridized carbons (Fsp3) is 0.615. The number of thiophene rings is 1. The topological polar surface area (TPSA) is 56.0 Å². The molecule has 1 aliphatic carbocycles. The van der Waals surface area contributed by atoms with Gasteiger partial charge in [0.2, 0.25) is 0 Å². The van der Waals surface area contributed by atoms with Crippen molar-refractivity contribution in [2.24, 2.45) is 5.92 Å². The Kier molecular flexibility index (Phi) is 4.55. The van der Waals surface area contributed by atoms with Gasteiger partial charge in [-0.1, -0.05) is 12.8 Å². The van der Waals surface area contributed by atoms with Gasteiger partial charge in [0.25, 0.3) is 0 Å². The SMILES string of the molecule is N#Cc1csc(CNCC(O)C2CCCC2)c1. The molecule has 4 heteroatoms. The molecule has 0 amide bonds. The lowest BCUT2D eigenvalue weighted by molar-refractivity contribution is 0.109. The smallest absolute Gasteiger partial charge is 0.100 e. The Balaban J connectivity index is 1.70. The number of nitrogens with zero attached hydrogens (tertiary/aromatic N) is 1. The quantitative estimate of drug-likeness (QED) is 0.843. The first-order chi connectivity index (χ1) is 8.29. The maximum Gasteiger partial charge on any atom is 0.100 e. The van der Waals surface area contributed by atoms with Crippen LogP contribution in [-0.4, -0.2) is 17.8 Å². The van der Waals surface area contributed by atoms with Gasteiger partial charge < -0.3 is 10.4 Å². The molecule has 3 nitrogen and oxygen atoms in total. The molecule has 0 radical (unpaired) electrons. The van der Waals surface area contributed by atoms with E-state index >= 15 is 0 Å². The predicted octanol–water partition coefficient (Wildman–Crippen LogP) is 2.26. The fourth-order valence-corrected chi connectivity index (χ4v) is 3.16. The first-order valence-electron chi connectivity index (χ1n) is 6.16. The first kappa shape index (κ1) is 12.6. The molecule has 1 unspecified atom stereocenters. The van der Waals surface area contributed by atoms with Gasteiger partial charge in [0, 0.05) is 23.3 Å². The van der Waals surface area contributed by atoms with E-state index in [9.17, 15) is 5.11 Å². The lowest BCUT2D eigenvalue weighted by Gasteiger charge is -2.17. The Morgan fingerprint density at radius 2 is 2.29 bits per heavy atom. The third kappa shape index (κ3) is 3.53. The predicted molar refractivity (Wildman–Crippen MR) is 68.7 cm³/mol. The molecular weight excluding hydrogens is 232 g/mol. The van der Waals surface area contributed by atoms with E-state index in [1.807, 2.05) is 11.4 Å². The van der Waals surface area contributed by atoms with Crippen molar-refractivity contribution in [1.82, 2.24) is 5.32 Å². The molecule has 1 fully saturated rings. The number of rotatable bonds is 5. The van der Waals surface area contributed by atoms with Crippen molar-refractivity contribution >= 4 is 11.3 Å². The fourth-order valence-electron chi connectivity index (χ4n) is 2.38. The monoisotopic (exact) mass is 250 g/mol. The van der Waals surface area contributed by atoms with E-state index in [1.54, 1.807) is 11.3 Å². The zero-order valence-electron chi connectivity index (χ0n) is 9.85. The third-order valence-corrected chi connectivity index (χ3v) is 4.32. The molecule has 1 aromatic heterocycles. The Hall–Kier alpha value is -0.890. The van der Waals surface area contributed by atoms with E-state index in [0.29, 0.717) is 12.5 Å². The van der Waals surface area contributed by atoms with E-state index in [-0.39, 0.29) is 6.10 Å². The maximum atomic E-state index is 9.97. The van der Waals surface area contributed by atoms with E-state index in [1.165, 1.54) is 25.7 Å². The molecule has 0 aliphatic heterocycles. The standard InChI is InChI=1S/C13H18N2OS/c14-6-10-5-12(17-9-10)7-15-8-13(16)11-3-1-2-4-11/h5,9,11,13,15-16H,1-4,7-8H2. The van der Waals surface area contributed by atoms with Crippen molar-refractivity contribution in [1.29, 1.82) is 5.26 Å². The first-order valence-corrected chi connectivity index (χ1v) is 7.04. The van der Waals surface area contributed by atoms with E-state index in [0.717, 1.165) is 17.0 Å². The highest BCUT2D eigenvalue weighted by Gasteiger charge is 2.22. The second-order valence-corrected chi connectivity index (χ2v) is 5.65. The van der Waals surface area contributed by atoms with Crippen LogP contribution in [0.4, 0.5) is 0 Å². The van der Waals surface area contributed by atoms with Crippen LogP contribution in [0.15, 0.2) is 11.4 Å². The highest BCUT2D eigenvalue weighted by atomic mass is 32.1. The molecule has 1 aromatic rings. The molecule has 0 saturated heterocycles. The van der Waals surface area contributed by atoms with Crippen LogP contribution < -0.4 is 5.32 Å². The molecule has 17 heavy (non-hydrogen) atoms. The Morgan fingerprint density at radius 1 is 1.53 bits per heavy atom. The highest BCUT2D eigenvalue weighted by molar-refractivity contribution is 7.10. The molecule has 0 bridgehead atoms. The second-order valence-electron chi connectivity index (χ2n) is 4.66. The zero-order chi connectivity index (χ0) is 12.1. The van der Waals surface area contributed by atoms with Crippen molar-refractivity contribution < 1.29 is 5.11 Å². The lowest BCUT2D eigenvalue weighted by atomic mass is 10.0. The van der Waals surface area contributed by atoms with Gasteiger partial charge in [0.05, 0.1) is 11.7 Å². The molecule has 1 heterocycles. The van der Waals surface area contributed by atoms with Crippen LogP contribution >= 0.6 is 11.3 Å². The minimum atomic E-state index is -0.215. The lowest BCUT2D eigenvalue weighted by Crippen LogP contribution is -2.31. The highest BCUT2D eigenvalue weighted by Crippen LogP contribution is 2.27. The van der Waals surface area contributed by atoms with Gasteiger partial charge in [-0.15, -0.1) is 11.3 Å². The molecule has 0 spiro atoms. The normalized spacial score (nSPS) is 18.1. The number of nitriles is 1. The van der Waals surface area contributed by atoms with Crippen LogP contribution in [0.25, 0.3) is 0 Å². The van der Waals surface area contributed by atoms with Gasteiger partial charge in [0.15, 0.2) is 0 Å². The van der Waals surface area contributed by atoms with Crippen molar-refractivity contribution in [3.8, 4) is 6.07 Å². The van der Waals surface area contributed by atoms with E-state index in [4.69, 9.17) is 5.26 Å². The molecule has 92 valence electrons.